The quantitative estimate of drug-likeness (QED) is 0.816. The highest BCUT2D eigenvalue weighted by molar-refractivity contribution is 5.90. The standard InChI is InChI=1S/C13H19NO4/c1-5-13(3,4)14-11(15)9(2)18-12(16)10-7-6-8-17-10/h6-9H,5H2,1-4H3,(H,14,15)/t9-/m0/s1. The molecule has 0 bridgehead atoms. The molecule has 0 aliphatic rings. The molecular weight excluding hydrogens is 234 g/mol. The Kier molecular flexibility index (Phi) is 4.53. The van der Waals surface area contributed by atoms with E-state index in [1.807, 2.05) is 20.8 Å². The fourth-order valence-corrected chi connectivity index (χ4v) is 1.19. The molecule has 1 aromatic rings. The first-order valence-electron chi connectivity index (χ1n) is 5.92. The number of nitrogens with one attached hydrogen (secondary N) is 1. The smallest absolute Gasteiger partial charge is 0.374 e. The SMILES string of the molecule is CCC(C)(C)NC(=O)[C@H](C)OC(=O)c1ccco1. The van der Waals surface area contributed by atoms with Crippen molar-refractivity contribution >= 4 is 11.9 Å². The Bertz CT molecular complexity index is 409. The van der Waals surface area contributed by atoms with Crippen LogP contribution in [0.1, 0.15) is 44.7 Å². The molecule has 1 N–H and O–H groups in total. The van der Waals surface area contributed by atoms with E-state index >= 15 is 0 Å². The molecule has 0 spiro atoms. The van der Waals surface area contributed by atoms with Crippen LogP contribution in [0.25, 0.3) is 0 Å². The average Bonchev–Trinajstić information content (AvgIpc) is 2.81. The summed E-state index contributed by atoms with van der Waals surface area (Å²) < 4.78 is 9.89. The maximum absolute atomic E-state index is 11.8. The van der Waals surface area contributed by atoms with Gasteiger partial charge in [-0.2, -0.15) is 0 Å². The summed E-state index contributed by atoms with van der Waals surface area (Å²) in [5.74, 6) is -0.872. The summed E-state index contributed by atoms with van der Waals surface area (Å²) in [7, 11) is 0. The number of furan rings is 1. The molecule has 1 amide bonds. The minimum Gasteiger partial charge on any atom is -0.457 e. The number of hydrogen-bond acceptors (Lipinski definition) is 4. The number of ether oxygens (including phenoxy) is 1. The topological polar surface area (TPSA) is 68.5 Å². The molecule has 1 aromatic heterocycles. The largest absolute Gasteiger partial charge is 0.457 e. The van der Waals surface area contributed by atoms with E-state index in [1.165, 1.54) is 19.3 Å². The van der Waals surface area contributed by atoms with E-state index in [2.05, 4.69) is 5.32 Å². The Morgan fingerprint density at radius 1 is 1.50 bits per heavy atom. The van der Waals surface area contributed by atoms with Crippen molar-refractivity contribution in [1.82, 2.24) is 5.32 Å². The monoisotopic (exact) mass is 253 g/mol. The summed E-state index contributed by atoms with van der Waals surface area (Å²) in [4.78, 5) is 23.4. The van der Waals surface area contributed by atoms with E-state index in [-0.39, 0.29) is 17.2 Å². The van der Waals surface area contributed by atoms with Gasteiger partial charge in [0.2, 0.25) is 5.76 Å². The van der Waals surface area contributed by atoms with E-state index in [9.17, 15) is 9.59 Å². The van der Waals surface area contributed by atoms with Gasteiger partial charge in [-0.1, -0.05) is 6.92 Å². The number of carbonyl (C=O) groups excluding carboxylic acids is 2. The number of carbonyl (C=O) groups is 2. The lowest BCUT2D eigenvalue weighted by Crippen LogP contribution is -2.47. The van der Waals surface area contributed by atoms with Gasteiger partial charge in [0.25, 0.3) is 5.91 Å². The Morgan fingerprint density at radius 3 is 2.67 bits per heavy atom. The van der Waals surface area contributed by atoms with Crippen molar-refractivity contribution in [2.24, 2.45) is 0 Å². The molecule has 18 heavy (non-hydrogen) atoms. The Labute approximate surface area is 106 Å². The van der Waals surface area contributed by atoms with Crippen molar-refractivity contribution in [2.45, 2.75) is 45.8 Å². The molecule has 0 unspecified atom stereocenters. The zero-order valence-corrected chi connectivity index (χ0v) is 11.1. The molecule has 0 saturated heterocycles. The number of amides is 1. The van der Waals surface area contributed by atoms with Crippen molar-refractivity contribution < 1.29 is 18.7 Å². The van der Waals surface area contributed by atoms with Crippen LogP contribution in [0.15, 0.2) is 22.8 Å². The van der Waals surface area contributed by atoms with Gasteiger partial charge >= 0.3 is 5.97 Å². The third-order valence-corrected chi connectivity index (χ3v) is 2.72. The second-order valence-electron chi connectivity index (χ2n) is 4.75. The molecule has 5 heteroatoms. The first-order chi connectivity index (χ1) is 8.35. The van der Waals surface area contributed by atoms with Crippen LogP contribution in [-0.2, 0) is 9.53 Å². The lowest BCUT2D eigenvalue weighted by atomic mass is 10.0. The molecular formula is C13H19NO4. The molecule has 0 aliphatic carbocycles. The predicted octanol–water partition coefficient (Wildman–Crippen LogP) is 2.13. The number of esters is 1. The van der Waals surface area contributed by atoms with E-state index in [1.54, 1.807) is 6.07 Å². The van der Waals surface area contributed by atoms with Gasteiger partial charge in [0.05, 0.1) is 6.26 Å². The fourth-order valence-electron chi connectivity index (χ4n) is 1.19. The van der Waals surface area contributed by atoms with Crippen molar-refractivity contribution in [1.29, 1.82) is 0 Å². The van der Waals surface area contributed by atoms with Crippen LogP contribution in [0.5, 0.6) is 0 Å². The van der Waals surface area contributed by atoms with E-state index < -0.39 is 12.1 Å². The van der Waals surface area contributed by atoms with Gasteiger partial charge in [0.15, 0.2) is 6.10 Å². The first-order valence-corrected chi connectivity index (χ1v) is 5.92. The molecule has 100 valence electrons. The Balaban J connectivity index is 2.53. The number of rotatable bonds is 5. The summed E-state index contributed by atoms with van der Waals surface area (Å²) in [6.45, 7) is 7.32. The van der Waals surface area contributed by atoms with Gasteiger partial charge in [-0.3, -0.25) is 4.79 Å². The number of hydrogen-bond donors (Lipinski definition) is 1. The van der Waals surface area contributed by atoms with Crippen LogP contribution >= 0.6 is 0 Å². The maximum atomic E-state index is 11.8. The second kappa shape index (κ2) is 5.71. The van der Waals surface area contributed by atoms with Crippen LogP contribution < -0.4 is 5.32 Å². The van der Waals surface area contributed by atoms with Crippen LogP contribution in [0.4, 0.5) is 0 Å². The molecule has 0 aliphatic heterocycles. The van der Waals surface area contributed by atoms with Crippen molar-refractivity contribution in [2.75, 3.05) is 0 Å². The fraction of sp³-hybridized carbons (Fsp3) is 0.538. The molecule has 0 fully saturated rings. The van der Waals surface area contributed by atoms with Gasteiger partial charge in [-0.15, -0.1) is 0 Å². The summed E-state index contributed by atoms with van der Waals surface area (Å²) in [5.41, 5.74) is -0.317. The van der Waals surface area contributed by atoms with Gasteiger partial charge in [0.1, 0.15) is 0 Å². The highest BCUT2D eigenvalue weighted by Gasteiger charge is 2.25. The van der Waals surface area contributed by atoms with Gasteiger partial charge < -0.3 is 14.5 Å². The van der Waals surface area contributed by atoms with Gasteiger partial charge in [-0.25, -0.2) is 4.79 Å². The zero-order valence-electron chi connectivity index (χ0n) is 11.1. The minimum absolute atomic E-state index is 0.0874. The molecule has 0 radical (unpaired) electrons. The summed E-state index contributed by atoms with van der Waals surface area (Å²) in [6, 6.07) is 3.07. The van der Waals surface area contributed by atoms with Crippen LogP contribution in [0.2, 0.25) is 0 Å². The molecule has 1 rings (SSSR count). The lowest BCUT2D eigenvalue weighted by molar-refractivity contribution is -0.130. The van der Waals surface area contributed by atoms with E-state index in [0.717, 1.165) is 6.42 Å². The van der Waals surface area contributed by atoms with Crippen LogP contribution in [-0.4, -0.2) is 23.5 Å². The molecule has 0 saturated carbocycles. The molecule has 1 atom stereocenters. The van der Waals surface area contributed by atoms with Crippen LogP contribution in [0.3, 0.4) is 0 Å². The van der Waals surface area contributed by atoms with Crippen LogP contribution in [0, 0.1) is 0 Å². The van der Waals surface area contributed by atoms with Crippen molar-refractivity contribution in [3.63, 3.8) is 0 Å². The van der Waals surface area contributed by atoms with Gasteiger partial charge in [0, 0.05) is 5.54 Å². The summed E-state index contributed by atoms with van der Waals surface area (Å²) in [6.07, 6.45) is 1.31. The first kappa shape index (κ1) is 14.3. The maximum Gasteiger partial charge on any atom is 0.374 e. The summed E-state index contributed by atoms with van der Waals surface area (Å²) in [5, 5.41) is 2.81. The van der Waals surface area contributed by atoms with Crippen molar-refractivity contribution in [3.05, 3.63) is 24.2 Å². The molecule has 1 heterocycles. The Morgan fingerprint density at radius 2 is 2.17 bits per heavy atom. The highest BCUT2D eigenvalue weighted by atomic mass is 16.6. The second-order valence-corrected chi connectivity index (χ2v) is 4.75. The van der Waals surface area contributed by atoms with Crippen molar-refractivity contribution in [3.8, 4) is 0 Å². The Hall–Kier alpha value is -1.78. The molecule has 0 aromatic carbocycles. The zero-order chi connectivity index (χ0) is 13.8. The third-order valence-electron chi connectivity index (χ3n) is 2.72. The normalized spacial score (nSPS) is 12.9. The van der Waals surface area contributed by atoms with E-state index in [4.69, 9.17) is 9.15 Å². The predicted molar refractivity (Wildman–Crippen MR) is 66.1 cm³/mol. The minimum atomic E-state index is -0.853. The molecule has 5 nitrogen and oxygen atoms in total. The average molecular weight is 253 g/mol. The third kappa shape index (κ3) is 3.91. The van der Waals surface area contributed by atoms with Gasteiger partial charge in [-0.05, 0) is 39.3 Å². The lowest BCUT2D eigenvalue weighted by Gasteiger charge is -2.26. The van der Waals surface area contributed by atoms with E-state index in [0.29, 0.717) is 0 Å². The summed E-state index contributed by atoms with van der Waals surface area (Å²) >= 11 is 0. The highest BCUT2D eigenvalue weighted by Crippen LogP contribution is 2.09.